The number of anilines is 1. The Hall–Kier alpha value is -4.77. The number of aromatic nitrogens is 3. The van der Waals surface area contributed by atoms with E-state index in [1.807, 2.05) is 0 Å². The molecule has 11 nitrogen and oxygen atoms in total. The molecule has 0 spiro atoms. The van der Waals surface area contributed by atoms with Gasteiger partial charge in [-0.1, -0.05) is 30.3 Å². The van der Waals surface area contributed by atoms with Crippen molar-refractivity contribution in [1.29, 1.82) is 0 Å². The van der Waals surface area contributed by atoms with Crippen molar-refractivity contribution in [2.75, 3.05) is 11.9 Å². The highest BCUT2D eigenvalue weighted by Gasteiger charge is 2.20. The fourth-order valence-corrected chi connectivity index (χ4v) is 4.01. The van der Waals surface area contributed by atoms with E-state index in [4.69, 9.17) is 9.84 Å². The maximum atomic E-state index is 12.5. The number of carboxylic acid groups (broad SMARTS) is 1. The maximum absolute atomic E-state index is 12.5. The van der Waals surface area contributed by atoms with Crippen molar-refractivity contribution >= 4 is 34.5 Å². The second kappa shape index (κ2) is 9.84. The van der Waals surface area contributed by atoms with Crippen LogP contribution in [0.25, 0.3) is 11.0 Å². The molecule has 0 saturated heterocycles. The van der Waals surface area contributed by atoms with Crippen LogP contribution in [0.2, 0.25) is 0 Å². The summed E-state index contributed by atoms with van der Waals surface area (Å²) in [6.45, 7) is 2.26. The highest BCUT2D eigenvalue weighted by Crippen LogP contribution is 2.28. The van der Waals surface area contributed by atoms with Gasteiger partial charge in [-0.25, -0.2) is 14.8 Å². The number of H-pyrrole nitrogens is 1. The van der Waals surface area contributed by atoms with Crippen molar-refractivity contribution in [2.24, 2.45) is 0 Å². The second-order valence-electron chi connectivity index (χ2n) is 8.18. The lowest BCUT2D eigenvalue weighted by Gasteiger charge is -2.18. The summed E-state index contributed by atoms with van der Waals surface area (Å²) in [7, 11) is 0. The minimum atomic E-state index is -1.15. The lowest BCUT2D eigenvalue weighted by atomic mass is 10.1. The van der Waals surface area contributed by atoms with E-state index in [0.717, 1.165) is 25.0 Å². The molecule has 0 atom stereocenters. The first kappa shape index (κ1) is 23.0. The molecule has 2 aromatic heterocycles. The summed E-state index contributed by atoms with van der Waals surface area (Å²) in [5.41, 5.74) is 4.62. The van der Waals surface area contributed by atoms with Gasteiger partial charge in [0.05, 0.1) is 11.2 Å². The largest absolute Gasteiger partial charge is 0.482 e. The van der Waals surface area contributed by atoms with Gasteiger partial charge in [-0.3, -0.25) is 9.59 Å². The van der Waals surface area contributed by atoms with E-state index in [1.54, 1.807) is 18.2 Å². The first-order valence-electron chi connectivity index (χ1n) is 11.2. The summed E-state index contributed by atoms with van der Waals surface area (Å²) in [5, 5.41) is 17.8. The first-order valence-corrected chi connectivity index (χ1v) is 11.2. The van der Waals surface area contributed by atoms with E-state index in [-0.39, 0.29) is 41.3 Å². The average molecular weight is 486 g/mol. The van der Waals surface area contributed by atoms with Crippen molar-refractivity contribution in [2.45, 2.75) is 19.6 Å². The molecule has 2 aliphatic heterocycles. The Kier molecular flexibility index (Phi) is 6.29. The van der Waals surface area contributed by atoms with Crippen LogP contribution in [0.4, 0.5) is 5.69 Å². The molecule has 0 unspecified atom stereocenters. The zero-order valence-corrected chi connectivity index (χ0v) is 19.0. The van der Waals surface area contributed by atoms with Crippen LogP contribution in [-0.4, -0.2) is 44.4 Å². The molecule has 5 N–H and O–H groups in total. The molecule has 2 aliphatic rings. The third kappa shape index (κ3) is 4.72. The summed E-state index contributed by atoms with van der Waals surface area (Å²) in [6.07, 6.45) is 2.41. The van der Waals surface area contributed by atoms with Gasteiger partial charge >= 0.3 is 5.97 Å². The number of carbonyl (C=O) groups excluding carboxylic acids is 2. The molecule has 0 aliphatic carbocycles. The molecule has 36 heavy (non-hydrogen) atoms. The summed E-state index contributed by atoms with van der Waals surface area (Å²) in [6, 6.07) is 13.7. The highest BCUT2D eigenvalue weighted by atomic mass is 16.5. The van der Waals surface area contributed by atoms with Crippen LogP contribution in [0, 0.1) is 0 Å². The molecule has 0 fully saturated rings. The summed E-state index contributed by atoms with van der Waals surface area (Å²) >= 11 is 0. The van der Waals surface area contributed by atoms with Crippen molar-refractivity contribution < 1.29 is 24.2 Å². The fraction of sp³-hybridized carbons (Fsp3) is 0.160. The summed E-state index contributed by atoms with van der Waals surface area (Å²) < 4.78 is 5.29. The number of aromatic carboxylic acids is 1. The molecule has 2 amide bonds. The van der Waals surface area contributed by atoms with E-state index in [1.165, 1.54) is 17.3 Å². The Morgan fingerprint density at radius 2 is 1.86 bits per heavy atom. The molecule has 0 saturated carbocycles. The van der Waals surface area contributed by atoms with Crippen molar-refractivity contribution in [3.63, 3.8) is 0 Å². The SMILES string of the molecule is O=C1COc2ccc(CNC(=O)c3ncnc4c(C(=O)O)c[nH]c34)cc2N1.c1ccc2c(c1)CNC2. The number of amides is 2. The normalized spacial score (nSPS) is 13.5. The quantitative estimate of drug-likeness (QED) is 0.294. The smallest absolute Gasteiger partial charge is 0.339 e. The van der Waals surface area contributed by atoms with Gasteiger partial charge in [0.2, 0.25) is 0 Å². The van der Waals surface area contributed by atoms with Crippen LogP contribution in [0.1, 0.15) is 37.5 Å². The molecule has 0 bridgehead atoms. The van der Waals surface area contributed by atoms with Gasteiger partial charge in [0, 0.05) is 25.8 Å². The monoisotopic (exact) mass is 486 g/mol. The zero-order chi connectivity index (χ0) is 25.1. The van der Waals surface area contributed by atoms with Crippen LogP contribution in [0.15, 0.2) is 55.0 Å². The summed E-state index contributed by atoms with van der Waals surface area (Å²) in [4.78, 5) is 45.7. The number of carboxylic acids is 1. The van der Waals surface area contributed by atoms with Gasteiger partial charge in [0.25, 0.3) is 11.8 Å². The first-order chi connectivity index (χ1) is 17.5. The second-order valence-corrected chi connectivity index (χ2v) is 8.18. The number of ether oxygens (including phenoxy) is 1. The predicted molar refractivity (Wildman–Crippen MR) is 130 cm³/mol. The molecule has 11 heteroatoms. The van der Waals surface area contributed by atoms with Crippen LogP contribution in [-0.2, 0) is 24.4 Å². The molecule has 4 heterocycles. The molecule has 182 valence electrons. The van der Waals surface area contributed by atoms with E-state index in [9.17, 15) is 14.4 Å². The Morgan fingerprint density at radius 1 is 1.08 bits per heavy atom. The van der Waals surface area contributed by atoms with Gasteiger partial charge in [0.15, 0.2) is 12.3 Å². The number of hydrogen-bond acceptors (Lipinski definition) is 7. The number of fused-ring (bicyclic) bond motifs is 3. The lowest BCUT2D eigenvalue weighted by Crippen LogP contribution is -2.26. The number of hydrogen-bond donors (Lipinski definition) is 5. The van der Waals surface area contributed by atoms with E-state index < -0.39 is 11.9 Å². The molecular formula is C25H22N6O5. The minimum Gasteiger partial charge on any atom is -0.482 e. The number of carbonyl (C=O) groups is 3. The van der Waals surface area contributed by atoms with E-state index in [2.05, 4.69) is 55.2 Å². The molecular weight excluding hydrogens is 464 g/mol. The van der Waals surface area contributed by atoms with Crippen LogP contribution >= 0.6 is 0 Å². The maximum Gasteiger partial charge on any atom is 0.339 e. The predicted octanol–water partition coefficient (Wildman–Crippen LogP) is 2.21. The van der Waals surface area contributed by atoms with Gasteiger partial charge in [-0.05, 0) is 28.8 Å². The van der Waals surface area contributed by atoms with Gasteiger partial charge in [-0.2, -0.15) is 0 Å². The number of rotatable bonds is 4. The van der Waals surface area contributed by atoms with E-state index >= 15 is 0 Å². The zero-order valence-electron chi connectivity index (χ0n) is 19.0. The molecule has 2 aromatic carbocycles. The lowest BCUT2D eigenvalue weighted by molar-refractivity contribution is -0.118. The Balaban J connectivity index is 0.000000247. The van der Waals surface area contributed by atoms with Gasteiger partial charge < -0.3 is 30.8 Å². The number of aromatic amines is 1. The molecule has 6 rings (SSSR count). The number of nitrogens with zero attached hydrogens (tertiary/aromatic N) is 2. The van der Waals surface area contributed by atoms with Gasteiger partial charge in [-0.15, -0.1) is 0 Å². The fourth-order valence-electron chi connectivity index (χ4n) is 4.01. The number of nitrogens with one attached hydrogen (secondary N) is 4. The van der Waals surface area contributed by atoms with Crippen molar-refractivity contribution in [3.8, 4) is 5.75 Å². The standard InChI is InChI=1S/C17H13N5O5.C8H9N/c23-12-6-27-11-2-1-8(3-10(11)22-12)4-19-16(24)15-14-13(20-7-21-15)9(5-18-14)17(25)26;1-2-4-8-6-9-5-7(8)3-1/h1-3,5,7,18H,4,6H2,(H,19,24)(H,22,23)(H,25,26);1-4,9H,5-6H2. The Bertz CT molecular complexity index is 1460. The summed E-state index contributed by atoms with van der Waals surface area (Å²) in [5.74, 6) is -1.31. The van der Waals surface area contributed by atoms with Crippen LogP contribution < -0.4 is 20.7 Å². The van der Waals surface area contributed by atoms with E-state index in [0.29, 0.717) is 11.4 Å². The average Bonchev–Trinajstić information content (AvgIpc) is 3.54. The number of benzene rings is 2. The van der Waals surface area contributed by atoms with Crippen LogP contribution in [0.5, 0.6) is 5.75 Å². The molecule has 0 radical (unpaired) electrons. The molecule has 4 aromatic rings. The Morgan fingerprint density at radius 3 is 2.61 bits per heavy atom. The highest BCUT2D eigenvalue weighted by molar-refractivity contribution is 6.08. The van der Waals surface area contributed by atoms with Crippen molar-refractivity contribution in [1.82, 2.24) is 25.6 Å². The van der Waals surface area contributed by atoms with Crippen molar-refractivity contribution in [3.05, 3.63) is 82.9 Å². The van der Waals surface area contributed by atoms with Gasteiger partial charge in [0.1, 0.15) is 23.2 Å². The topological polar surface area (TPSA) is 158 Å². The third-order valence-electron chi connectivity index (χ3n) is 5.79. The third-order valence-corrected chi connectivity index (χ3v) is 5.79. The minimum absolute atomic E-state index is 0.0265. The van der Waals surface area contributed by atoms with Crippen LogP contribution in [0.3, 0.4) is 0 Å². The Labute approximate surface area is 204 Å².